The van der Waals surface area contributed by atoms with Crippen LogP contribution in [0.4, 0.5) is 0 Å². The maximum Gasteiger partial charge on any atom is 0.306 e. The lowest BCUT2D eigenvalue weighted by atomic mass is 10.1. The summed E-state index contributed by atoms with van der Waals surface area (Å²) in [6.07, 6.45) is 52.9. The van der Waals surface area contributed by atoms with Gasteiger partial charge in [-0.25, -0.2) is 0 Å². The summed E-state index contributed by atoms with van der Waals surface area (Å²) >= 11 is 0. The van der Waals surface area contributed by atoms with Crippen molar-refractivity contribution in [3.05, 3.63) is 36.5 Å². The predicted molar refractivity (Wildman–Crippen MR) is 233 cm³/mol. The molecular formula is C49H90O5. The molecule has 5 nitrogen and oxygen atoms in total. The van der Waals surface area contributed by atoms with Gasteiger partial charge in [0.1, 0.15) is 6.61 Å². The zero-order valence-electron chi connectivity index (χ0n) is 36.2. The first-order chi connectivity index (χ1) is 26.6. The summed E-state index contributed by atoms with van der Waals surface area (Å²) in [5.41, 5.74) is 0. The molecule has 0 heterocycles. The second-order valence-corrected chi connectivity index (χ2v) is 15.7. The summed E-state index contributed by atoms with van der Waals surface area (Å²) in [5, 5.41) is 0. The topological polar surface area (TPSA) is 61.8 Å². The highest BCUT2D eigenvalue weighted by molar-refractivity contribution is 5.70. The monoisotopic (exact) mass is 759 g/mol. The first kappa shape index (κ1) is 52.1. The van der Waals surface area contributed by atoms with Crippen molar-refractivity contribution >= 4 is 11.9 Å². The number of carbonyl (C=O) groups is 2. The quantitative estimate of drug-likeness (QED) is 0.0352. The third-order valence-electron chi connectivity index (χ3n) is 10.1. The van der Waals surface area contributed by atoms with Crippen LogP contribution in [0.3, 0.4) is 0 Å². The molecule has 0 saturated heterocycles. The standard InChI is InChI=1S/C49H90O5/c1-4-7-10-13-16-18-20-22-24-25-27-28-30-32-34-36-39-42-48(50)53-46-47(45-52-44-41-38-15-12-9-6-3)54-49(51)43-40-37-35-33-31-29-26-23-21-19-17-14-11-8-5-2/h16,18,22-24,26,47H,4-15,17,19-21,25,27-46H2,1-3H3/b18-16-,24-22-,26-23-. The number of hydrogen-bond acceptors (Lipinski definition) is 5. The molecule has 0 aromatic carbocycles. The maximum atomic E-state index is 12.7. The normalized spacial score (nSPS) is 12.4. The van der Waals surface area contributed by atoms with E-state index in [0.29, 0.717) is 19.4 Å². The van der Waals surface area contributed by atoms with Crippen molar-refractivity contribution in [2.24, 2.45) is 0 Å². The molecule has 0 aromatic heterocycles. The fraction of sp³-hybridized carbons (Fsp3) is 0.837. The third kappa shape index (κ3) is 42.9. The van der Waals surface area contributed by atoms with E-state index in [1.165, 1.54) is 141 Å². The molecular weight excluding hydrogens is 669 g/mol. The number of unbranched alkanes of at least 4 members (excludes halogenated alkanes) is 26. The van der Waals surface area contributed by atoms with Crippen LogP contribution in [0.2, 0.25) is 0 Å². The Balaban J connectivity index is 4.11. The van der Waals surface area contributed by atoms with Crippen molar-refractivity contribution in [2.45, 2.75) is 245 Å². The molecule has 0 aliphatic carbocycles. The maximum absolute atomic E-state index is 12.7. The van der Waals surface area contributed by atoms with Gasteiger partial charge in [-0.15, -0.1) is 0 Å². The molecule has 0 rings (SSSR count). The summed E-state index contributed by atoms with van der Waals surface area (Å²) < 4.78 is 17.2. The summed E-state index contributed by atoms with van der Waals surface area (Å²) in [5.74, 6) is -0.412. The molecule has 0 aliphatic heterocycles. The van der Waals surface area contributed by atoms with Gasteiger partial charge in [0.15, 0.2) is 6.10 Å². The molecule has 0 N–H and O–H groups in total. The minimum absolute atomic E-state index is 0.0805. The van der Waals surface area contributed by atoms with E-state index in [2.05, 4.69) is 57.2 Å². The Kier molecular flexibility index (Phi) is 43.9. The van der Waals surface area contributed by atoms with Gasteiger partial charge >= 0.3 is 11.9 Å². The van der Waals surface area contributed by atoms with Crippen LogP contribution in [0.1, 0.15) is 239 Å². The Bertz CT molecular complexity index is 862. The average Bonchev–Trinajstić information content (AvgIpc) is 3.17. The number of esters is 2. The van der Waals surface area contributed by atoms with E-state index in [1.807, 2.05) is 0 Å². The molecule has 1 unspecified atom stereocenters. The number of carbonyl (C=O) groups excluding carboxylic acids is 2. The molecule has 54 heavy (non-hydrogen) atoms. The zero-order valence-corrected chi connectivity index (χ0v) is 36.2. The zero-order chi connectivity index (χ0) is 39.3. The van der Waals surface area contributed by atoms with Crippen LogP contribution < -0.4 is 0 Å². The molecule has 316 valence electrons. The van der Waals surface area contributed by atoms with Gasteiger partial charge in [0.25, 0.3) is 0 Å². The predicted octanol–water partition coefficient (Wildman–Crippen LogP) is 15.4. The number of allylic oxidation sites excluding steroid dienone is 6. The lowest BCUT2D eigenvalue weighted by Gasteiger charge is -2.18. The molecule has 5 heteroatoms. The highest BCUT2D eigenvalue weighted by Crippen LogP contribution is 2.13. The summed E-state index contributed by atoms with van der Waals surface area (Å²) in [6.45, 7) is 7.76. The smallest absolute Gasteiger partial charge is 0.306 e. The van der Waals surface area contributed by atoms with Crippen molar-refractivity contribution in [3.8, 4) is 0 Å². The van der Waals surface area contributed by atoms with E-state index in [4.69, 9.17) is 14.2 Å². The SMILES string of the molecule is CCCCC/C=C\C/C=C\CCCCCCCCCC(=O)OCC(COCCCCCCCC)OC(=O)CCCCCCC/C=C\CCCCCCCC. The van der Waals surface area contributed by atoms with E-state index in [-0.39, 0.29) is 25.2 Å². The van der Waals surface area contributed by atoms with Crippen LogP contribution in [0, 0.1) is 0 Å². The van der Waals surface area contributed by atoms with Gasteiger partial charge in [-0.3, -0.25) is 9.59 Å². The molecule has 0 radical (unpaired) electrons. The third-order valence-corrected chi connectivity index (χ3v) is 10.1. The van der Waals surface area contributed by atoms with Crippen LogP contribution in [-0.4, -0.2) is 37.9 Å². The highest BCUT2D eigenvalue weighted by Gasteiger charge is 2.17. The van der Waals surface area contributed by atoms with E-state index >= 15 is 0 Å². The molecule has 1 atom stereocenters. The number of ether oxygens (including phenoxy) is 3. The Morgan fingerprint density at radius 3 is 1.28 bits per heavy atom. The Morgan fingerprint density at radius 1 is 0.407 bits per heavy atom. The molecule has 0 saturated carbocycles. The van der Waals surface area contributed by atoms with Crippen LogP contribution in [0.25, 0.3) is 0 Å². The lowest BCUT2D eigenvalue weighted by molar-refractivity contribution is -0.163. The molecule has 0 fully saturated rings. The van der Waals surface area contributed by atoms with Gasteiger partial charge in [0.05, 0.1) is 6.61 Å². The van der Waals surface area contributed by atoms with Gasteiger partial charge in [0, 0.05) is 19.4 Å². The first-order valence-corrected chi connectivity index (χ1v) is 23.5. The van der Waals surface area contributed by atoms with Crippen LogP contribution in [-0.2, 0) is 23.8 Å². The average molecular weight is 759 g/mol. The minimum Gasteiger partial charge on any atom is -0.462 e. The van der Waals surface area contributed by atoms with Gasteiger partial charge in [-0.05, 0) is 77.0 Å². The van der Waals surface area contributed by atoms with E-state index in [1.54, 1.807) is 0 Å². The highest BCUT2D eigenvalue weighted by atomic mass is 16.6. The van der Waals surface area contributed by atoms with Gasteiger partial charge in [-0.2, -0.15) is 0 Å². The number of hydrogen-bond donors (Lipinski definition) is 0. The number of rotatable bonds is 43. The van der Waals surface area contributed by atoms with Crippen molar-refractivity contribution in [1.29, 1.82) is 0 Å². The van der Waals surface area contributed by atoms with Crippen molar-refractivity contribution in [2.75, 3.05) is 19.8 Å². The van der Waals surface area contributed by atoms with Gasteiger partial charge in [0.2, 0.25) is 0 Å². The van der Waals surface area contributed by atoms with Crippen molar-refractivity contribution in [1.82, 2.24) is 0 Å². The largest absolute Gasteiger partial charge is 0.462 e. The van der Waals surface area contributed by atoms with Crippen LogP contribution in [0.5, 0.6) is 0 Å². The molecule has 0 amide bonds. The second-order valence-electron chi connectivity index (χ2n) is 15.7. The molecule has 0 spiro atoms. The Labute approximate surface area is 336 Å². The van der Waals surface area contributed by atoms with Crippen molar-refractivity contribution < 1.29 is 23.8 Å². The van der Waals surface area contributed by atoms with Gasteiger partial charge < -0.3 is 14.2 Å². The second kappa shape index (κ2) is 45.5. The van der Waals surface area contributed by atoms with Crippen LogP contribution in [0.15, 0.2) is 36.5 Å². The molecule has 0 aliphatic rings. The van der Waals surface area contributed by atoms with E-state index < -0.39 is 6.10 Å². The van der Waals surface area contributed by atoms with E-state index in [0.717, 1.165) is 64.2 Å². The summed E-state index contributed by atoms with van der Waals surface area (Å²) in [7, 11) is 0. The van der Waals surface area contributed by atoms with Crippen LogP contribution >= 0.6 is 0 Å². The van der Waals surface area contributed by atoms with E-state index in [9.17, 15) is 9.59 Å². The molecule has 0 bridgehead atoms. The minimum atomic E-state index is -0.536. The fourth-order valence-electron chi connectivity index (χ4n) is 6.59. The first-order valence-electron chi connectivity index (χ1n) is 23.5. The van der Waals surface area contributed by atoms with Crippen molar-refractivity contribution in [3.63, 3.8) is 0 Å². The van der Waals surface area contributed by atoms with Gasteiger partial charge in [-0.1, -0.05) is 186 Å². The Hall–Kier alpha value is -1.88. The Morgan fingerprint density at radius 2 is 0.778 bits per heavy atom. The summed E-state index contributed by atoms with van der Waals surface area (Å²) in [4.78, 5) is 25.2. The lowest BCUT2D eigenvalue weighted by Crippen LogP contribution is -2.30. The fourth-order valence-corrected chi connectivity index (χ4v) is 6.59. The summed E-state index contributed by atoms with van der Waals surface area (Å²) in [6, 6.07) is 0. The molecule has 0 aromatic rings.